The summed E-state index contributed by atoms with van der Waals surface area (Å²) in [6.07, 6.45) is 0. The number of nitrogens with zero attached hydrogens (tertiary/aromatic N) is 1. The Morgan fingerprint density at radius 1 is 1.45 bits per heavy atom. The maximum Gasteiger partial charge on any atom is 0.231 e. The van der Waals surface area contributed by atoms with E-state index in [1.54, 1.807) is 0 Å². The van der Waals surface area contributed by atoms with Gasteiger partial charge in [-0.05, 0) is 24.7 Å². The fraction of sp³-hybridized carbons (Fsp3) is 0.400. The van der Waals surface area contributed by atoms with E-state index in [1.807, 2.05) is 36.1 Å². The first-order valence-corrected chi connectivity index (χ1v) is 6.58. The van der Waals surface area contributed by atoms with E-state index in [0.717, 1.165) is 17.9 Å². The van der Waals surface area contributed by atoms with Crippen LogP contribution in [-0.2, 0) is 4.79 Å². The Labute approximate surface area is 119 Å². The molecule has 0 saturated heterocycles. The van der Waals surface area contributed by atoms with Crippen molar-refractivity contribution in [2.24, 2.45) is 11.5 Å². The molecule has 20 heavy (non-hydrogen) atoms. The number of hydrogen-bond donors (Lipinski definition) is 2. The summed E-state index contributed by atoms with van der Waals surface area (Å²) < 4.78 is 5.65. The van der Waals surface area contributed by atoms with E-state index < -0.39 is 0 Å². The average Bonchev–Trinajstić information content (AvgIpc) is 2.44. The van der Waals surface area contributed by atoms with Gasteiger partial charge in [0.2, 0.25) is 5.91 Å². The number of primary amides is 1. The Hall–Kier alpha value is -2.03. The Balaban J connectivity index is 2.47. The van der Waals surface area contributed by atoms with Crippen LogP contribution in [0.4, 0.5) is 0 Å². The summed E-state index contributed by atoms with van der Waals surface area (Å²) in [7, 11) is 0. The fourth-order valence-corrected chi connectivity index (χ4v) is 1.68. The number of carbonyl (C=O) groups is 1. The minimum Gasteiger partial charge on any atom is -0.492 e. The van der Waals surface area contributed by atoms with Crippen LogP contribution >= 0.6 is 0 Å². The molecule has 108 valence electrons. The molecule has 0 aliphatic carbocycles. The third kappa shape index (κ3) is 6.23. The minimum atomic E-state index is -0.328. The number of rotatable bonds is 7. The third-order valence-electron chi connectivity index (χ3n) is 2.67. The summed E-state index contributed by atoms with van der Waals surface area (Å²) >= 11 is 0. The van der Waals surface area contributed by atoms with E-state index in [9.17, 15) is 4.79 Å². The van der Waals surface area contributed by atoms with Crippen molar-refractivity contribution < 1.29 is 9.53 Å². The molecular weight excluding hydrogens is 254 g/mol. The van der Waals surface area contributed by atoms with E-state index in [1.165, 1.54) is 0 Å². The predicted octanol–water partition coefficient (Wildman–Crippen LogP) is 0.183. The molecular formula is C15H21N3O2. The van der Waals surface area contributed by atoms with Gasteiger partial charge in [0.1, 0.15) is 12.4 Å². The van der Waals surface area contributed by atoms with Crippen molar-refractivity contribution in [2.75, 3.05) is 32.8 Å². The molecule has 1 rings (SSSR count). The molecule has 0 fully saturated rings. The van der Waals surface area contributed by atoms with Crippen LogP contribution in [0.25, 0.3) is 0 Å². The third-order valence-corrected chi connectivity index (χ3v) is 2.67. The quantitative estimate of drug-likeness (QED) is 0.696. The van der Waals surface area contributed by atoms with Gasteiger partial charge in [0.05, 0.1) is 13.1 Å². The first-order chi connectivity index (χ1) is 9.65. The molecule has 0 unspecified atom stereocenters. The molecule has 0 aromatic heterocycles. The van der Waals surface area contributed by atoms with Crippen LogP contribution in [-0.4, -0.2) is 43.6 Å². The van der Waals surface area contributed by atoms with Crippen LogP contribution in [0.3, 0.4) is 0 Å². The Kier molecular flexibility index (Phi) is 7.18. The smallest absolute Gasteiger partial charge is 0.231 e. The zero-order chi connectivity index (χ0) is 14.8. The van der Waals surface area contributed by atoms with Crippen LogP contribution < -0.4 is 16.2 Å². The number of ether oxygens (including phenoxy) is 1. The number of hydrogen-bond acceptors (Lipinski definition) is 4. The summed E-state index contributed by atoms with van der Waals surface area (Å²) in [4.78, 5) is 12.8. The summed E-state index contributed by atoms with van der Waals surface area (Å²) in [6.45, 7) is 4.47. The van der Waals surface area contributed by atoms with Crippen LogP contribution in [0.5, 0.6) is 5.75 Å². The van der Waals surface area contributed by atoms with Crippen LogP contribution in [0, 0.1) is 11.8 Å². The summed E-state index contributed by atoms with van der Waals surface area (Å²) in [5, 5.41) is 0. The highest BCUT2D eigenvalue weighted by Crippen LogP contribution is 2.12. The maximum atomic E-state index is 10.9. The predicted molar refractivity (Wildman–Crippen MR) is 79.2 cm³/mol. The van der Waals surface area contributed by atoms with Crippen molar-refractivity contribution in [2.45, 2.75) is 6.92 Å². The number of carbonyl (C=O) groups excluding carboxylic acids is 1. The van der Waals surface area contributed by atoms with Gasteiger partial charge in [0, 0.05) is 12.1 Å². The Morgan fingerprint density at radius 2 is 2.25 bits per heavy atom. The van der Waals surface area contributed by atoms with Gasteiger partial charge in [-0.15, -0.1) is 0 Å². The van der Waals surface area contributed by atoms with Crippen molar-refractivity contribution in [3.63, 3.8) is 0 Å². The fourth-order valence-electron chi connectivity index (χ4n) is 1.68. The largest absolute Gasteiger partial charge is 0.492 e. The van der Waals surface area contributed by atoms with Crippen molar-refractivity contribution in [3.05, 3.63) is 29.8 Å². The van der Waals surface area contributed by atoms with E-state index in [-0.39, 0.29) is 12.5 Å². The van der Waals surface area contributed by atoms with Gasteiger partial charge in [-0.1, -0.05) is 24.8 Å². The lowest BCUT2D eigenvalue weighted by Crippen LogP contribution is -2.36. The minimum absolute atomic E-state index is 0.252. The summed E-state index contributed by atoms with van der Waals surface area (Å²) in [6, 6.07) is 7.53. The second-order valence-corrected chi connectivity index (χ2v) is 4.22. The molecule has 1 aromatic carbocycles. The second-order valence-electron chi connectivity index (χ2n) is 4.22. The topological polar surface area (TPSA) is 81.6 Å². The lowest BCUT2D eigenvalue weighted by atomic mass is 10.2. The van der Waals surface area contributed by atoms with Gasteiger partial charge in [-0.3, -0.25) is 9.69 Å². The maximum absolute atomic E-state index is 10.9. The first kappa shape index (κ1) is 16.0. The average molecular weight is 275 g/mol. The molecule has 1 aromatic rings. The van der Waals surface area contributed by atoms with Gasteiger partial charge in [0.25, 0.3) is 0 Å². The number of likely N-dealkylation sites (N-methyl/N-ethyl adjacent to an activating group) is 1. The van der Waals surface area contributed by atoms with E-state index >= 15 is 0 Å². The number of benzene rings is 1. The molecule has 0 aliphatic heterocycles. The van der Waals surface area contributed by atoms with Crippen LogP contribution in [0.15, 0.2) is 24.3 Å². The molecule has 0 radical (unpaired) electrons. The molecule has 0 aliphatic rings. The SMILES string of the molecule is CCN(CCOc1cccc(C#CCN)c1)CC(N)=O. The zero-order valence-electron chi connectivity index (χ0n) is 11.8. The Bertz CT molecular complexity index is 491. The van der Waals surface area contributed by atoms with E-state index in [2.05, 4.69) is 11.8 Å². The van der Waals surface area contributed by atoms with Gasteiger partial charge in [0.15, 0.2) is 0 Å². The molecule has 1 amide bonds. The molecule has 5 heteroatoms. The van der Waals surface area contributed by atoms with Crippen molar-refractivity contribution in [3.8, 4) is 17.6 Å². The highest BCUT2D eigenvalue weighted by Gasteiger charge is 2.05. The summed E-state index contributed by atoms with van der Waals surface area (Å²) in [5.74, 6) is 6.18. The monoisotopic (exact) mass is 275 g/mol. The Morgan fingerprint density at radius 3 is 2.90 bits per heavy atom. The lowest BCUT2D eigenvalue weighted by molar-refractivity contribution is -0.119. The molecule has 0 bridgehead atoms. The molecule has 0 atom stereocenters. The second kappa shape index (κ2) is 8.97. The zero-order valence-corrected chi connectivity index (χ0v) is 11.8. The molecule has 4 N–H and O–H groups in total. The van der Waals surface area contributed by atoms with Crippen LogP contribution in [0.2, 0.25) is 0 Å². The number of nitrogens with two attached hydrogens (primary N) is 2. The van der Waals surface area contributed by atoms with Gasteiger partial charge in [-0.25, -0.2) is 0 Å². The molecule has 0 saturated carbocycles. The molecule has 0 spiro atoms. The van der Waals surface area contributed by atoms with Crippen LogP contribution in [0.1, 0.15) is 12.5 Å². The van der Waals surface area contributed by atoms with Crippen molar-refractivity contribution >= 4 is 5.91 Å². The molecule has 0 heterocycles. The van der Waals surface area contributed by atoms with Gasteiger partial charge < -0.3 is 16.2 Å². The highest BCUT2D eigenvalue weighted by molar-refractivity contribution is 5.75. The first-order valence-electron chi connectivity index (χ1n) is 6.58. The number of amides is 1. The summed E-state index contributed by atoms with van der Waals surface area (Å²) in [5.41, 5.74) is 11.4. The molecule has 5 nitrogen and oxygen atoms in total. The highest BCUT2D eigenvalue weighted by atomic mass is 16.5. The van der Waals surface area contributed by atoms with Crippen molar-refractivity contribution in [1.82, 2.24) is 4.90 Å². The normalized spacial score (nSPS) is 9.95. The van der Waals surface area contributed by atoms with Crippen molar-refractivity contribution in [1.29, 1.82) is 0 Å². The van der Waals surface area contributed by atoms with E-state index in [0.29, 0.717) is 19.7 Å². The van der Waals surface area contributed by atoms with E-state index in [4.69, 9.17) is 16.2 Å². The van der Waals surface area contributed by atoms with Gasteiger partial charge >= 0.3 is 0 Å². The van der Waals surface area contributed by atoms with Gasteiger partial charge in [-0.2, -0.15) is 0 Å². The lowest BCUT2D eigenvalue weighted by Gasteiger charge is -2.18. The standard InChI is InChI=1S/C15H21N3O2/c1-2-18(12-15(17)19)9-10-20-14-7-3-5-13(11-14)6-4-8-16/h3,5,7,11H,2,8-10,12,16H2,1H3,(H2,17,19).